The molecular formula is C18H30IN3OS. The molecule has 136 valence electrons. The summed E-state index contributed by atoms with van der Waals surface area (Å²) in [6.45, 7) is 7.42. The number of hydrogen-bond acceptors (Lipinski definition) is 3. The van der Waals surface area contributed by atoms with E-state index in [1.165, 1.54) is 23.3 Å². The van der Waals surface area contributed by atoms with Gasteiger partial charge in [-0.15, -0.1) is 24.0 Å². The molecule has 1 fully saturated rings. The molecule has 1 heterocycles. The fraction of sp³-hybridized carbons (Fsp3) is 0.611. The number of benzene rings is 1. The van der Waals surface area contributed by atoms with E-state index in [-0.39, 0.29) is 24.0 Å². The van der Waals surface area contributed by atoms with Gasteiger partial charge in [-0.2, -0.15) is 11.8 Å². The molecule has 1 aromatic carbocycles. The fourth-order valence-electron chi connectivity index (χ4n) is 2.90. The Bertz CT molecular complexity index is 539. The molecule has 0 saturated carbocycles. The molecule has 0 bridgehead atoms. The molecule has 1 N–H and O–H groups in total. The lowest BCUT2D eigenvalue weighted by atomic mass is 10.1. The minimum atomic E-state index is 0. The van der Waals surface area contributed by atoms with Gasteiger partial charge in [-0.05, 0) is 31.4 Å². The number of guanidine groups is 1. The monoisotopic (exact) mass is 463 g/mol. The summed E-state index contributed by atoms with van der Waals surface area (Å²) in [6.07, 6.45) is 2.16. The second kappa shape index (κ2) is 11.1. The van der Waals surface area contributed by atoms with Crippen molar-refractivity contribution in [3.63, 3.8) is 0 Å². The Kier molecular flexibility index (Phi) is 9.88. The van der Waals surface area contributed by atoms with Gasteiger partial charge in [0.25, 0.3) is 0 Å². The maximum atomic E-state index is 5.46. The smallest absolute Gasteiger partial charge is 0.193 e. The van der Waals surface area contributed by atoms with Crippen LogP contribution < -0.4 is 10.1 Å². The van der Waals surface area contributed by atoms with E-state index in [0.717, 1.165) is 43.0 Å². The minimum Gasteiger partial charge on any atom is -0.496 e. The van der Waals surface area contributed by atoms with Crippen LogP contribution in [0.2, 0.25) is 0 Å². The molecule has 24 heavy (non-hydrogen) atoms. The molecule has 0 amide bonds. The third kappa shape index (κ3) is 6.02. The Hall–Kier alpha value is -0.630. The zero-order chi connectivity index (χ0) is 16.7. The Morgan fingerprint density at radius 2 is 2.25 bits per heavy atom. The maximum absolute atomic E-state index is 5.46. The van der Waals surface area contributed by atoms with Crippen molar-refractivity contribution in [3.05, 3.63) is 29.3 Å². The number of nitrogens with zero attached hydrogens (tertiary/aromatic N) is 2. The zero-order valence-electron chi connectivity index (χ0n) is 15.2. The van der Waals surface area contributed by atoms with Gasteiger partial charge in [-0.3, -0.25) is 4.99 Å². The van der Waals surface area contributed by atoms with E-state index in [9.17, 15) is 0 Å². The lowest BCUT2D eigenvalue weighted by Gasteiger charge is -2.34. The average molecular weight is 463 g/mol. The topological polar surface area (TPSA) is 36.9 Å². The van der Waals surface area contributed by atoms with Gasteiger partial charge in [0.2, 0.25) is 0 Å². The minimum absolute atomic E-state index is 0. The van der Waals surface area contributed by atoms with Crippen LogP contribution in [0.1, 0.15) is 24.5 Å². The first-order chi connectivity index (χ1) is 11.2. The summed E-state index contributed by atoms with van der Waals surface area (Å²) in [7, 11) is 3.61. The first-order valence-electron chi connectivity index (χ1n) is 8.38. The second-order valence-corrected chi connectivity index (χ2v) is 7.29. The van der Waals surface area contributed by atoms with Crippen LogP contribution >= 0.6 is 35.7 Å². The summed E-state index contributed by atoms with van der Waals surface area (Å²) in [5, 5.41) is 4.24. The number of hydrogen-bond donors (Lipinski definition) is 1. The molecule has 1 unspecified atom stereocenters. The van der Waals surface area contributed by atoms with Crippen molar-refractivity contribution in [2.45, 2.75) is 31.9 Å². The van der Waals surface area contributed by atoms with Gasteiger partial charge in [0, 0.05) is 37.7 Å². The number of aryl methyl sites for hydroxylation is 1. The lowest BCUT2D eigenvalue weighted by molar-refractivity contribution is 0.404. The molecule has 1 aliphatic heterocycles. The predicted molar refractivity (Wildman–Crippen MR) is 116 cm³/mol. The molecule has 4 nitrogen and oxygen atoms in total. The first-order valence-corrected chi connectivity index (χ1v) is 9.43. The van der Waals surface area contributed by atoms with Crippen LogP contribution in [0.15, 0.2) is 23.2 Å². The molecule has 1 aromatic rings. The van der Waals surface area contributed by atoms with Crippen molar-refractivity contribution in [3.8, 4) is 5.75 Å². The highest BCUT2D eigenvalue weighted by molar-refractivity contribution is 14.0. The third-order valence-electron chi connectivity index (χ3n) is 4.22. The first kappa shape index (κ1) is 21.4. The van der Waals surface area contributed by atoms with E-state index < -0.39 is 0 Å². The number of aliphatic imine (C=N–C) groups is 1. The van der Waals surface area contributed by atoms with Crippen LogP contribution in [-0.2, 0) is 6.42 Å². The number of halogens is 1. The third-order valence-corrected chi connectivity index (χ3v) is 5.59. The summed E-state index contributed by atoms with van der Waals surface area (Å²) in [6, 6.07) is 6.34. The van der Waals surface area contributed by atoms with Crippen molar-refractivity contribution in [1.82, 2.24) is 10.2 Å². The number of thioether (sulfide) groups is 1. The van der Waals surface area contributed by atoms with Crippen molar-refractivity contribution >= 4 is 41.7 Å². The number of nitrogens with one attached hydrogen (secondary N) is 1. The molecule has 1 aliphatic rings. The van der Waals surface area contributed by atoms with Crippen LogP contribution in [0.5, 0.6) is 5.75 Å². The van der Waals surface area contributed by atoms with Crippen molar-refractivity contribution < 1.29 is 4.74 Å². The number of ether oxygens (including phenoxy) is 1. The van der Waals surface area contributed by atoms with Crippen LogP contribution in [0.3, 0.4) is 0 Å². The van der Waals surface area contributed by atoms with Gasteiger partial charge in [0.15, 0.2) is 5.96 Å². The largest absolute Gasteiger partial charge is 0.496 e. The van der Waals surface area contributed by atoms with Gasteiger partial charge in [0.1, 0.15) is 5.75 Å². The Morgan fingerprint density at radius 1 is 1.46 bits per heavy atom. The van der Waals surface area contributed by atoms with E-state index in [0.29, 0.717) is 0 Å². The highest BCUT2D eigenvalue weighted by Gasteiger charge is 2.21. The molecule has 1 atom stereocenters. The summed E-state index contributed by atoms with van der Waals surface area (Å²) >= 11 is 2.08. The molecule has 0 aromatic heterocycles. The SMILES string of the molecule is CCC1CN(C(=NC)NCCc2cc(C)ccc2OC)CCS1.I. The zero-order valence-corrected chi connectivity index (χ0v) is 18.3. The van der Waals surface area contributed by atoms with Gasteiger partial charge >= 0.3 is 0 Å². The lowest BCUT2D eigenvalue weighted by Crippen LogP contribution is -2.48. The summed E-state index contributed by atoms with van der Waals surface area (Å²) in [5.74, 6) is 3.17. The molecule has 2 rings (SSSR count). The molecule has 0 radical (unpaired) electrons. The Morgan fingerprint density at radius 3 is 2.92 bits per heavy atom. The number of methoxy groups -OCH3 is 1. The summed E-state index contributed by atoms with van der Waals surface area (Å²) in [4.78, 5) is 6.85. The van der Waals surface area contributed by atoms with Crippen molar-refractivity contribution in [2.24, 2.45) is 4.99 Å². The molecule has 6 heteroatoms. The second-order valence-electron chi connectivity index (χ2n) is 5.89. The quantitative estimate of drug-likeness (QED) is 0.412. The molecule has 1 saturated heterocycles. The van der Waals surface area contributed by atoms with E-state index in [1.807, 2.05) is 13.1 Å². The molecule has 0 aliphatic carbocycles. The van der Waals surface area contributed by atoms with Crippen LogP contribution in [-0.4, -0.2) is 55.7 Å². The van der Waals surface area contributed by atoms with Crippen LogP contribution in [0.25, 0.3) is 0 Å². The standard InChI is InChI=1S/C18H29N3OS.HI/c1-5-16-13-21(10-11-23-16)18(19-3)20-9-8-15-12-14(2)6-7-17(15)22-4;/h6-7,12,16H,5,8-11,13H2,1-4H3,(H,19,20);1H. The molecular weight excluding hydrogens is 433 g/mol. The highest BCUT2D eigenvalue weighted by Crippen LogP contribution is 2.21. The molecule has 0 spiro atoms. The average Bonchev–Trinajstić information content (AvgIpc) is 2.59. The normalized spacial score (nSPS) is 18.1. The van der Waals surface area contributed by atoms with Gasteiger partial charge in [0.05, 0.1) is 7.11 Å². The van der Waals surface area contributed by atoms with Gasteiger partial charge in [-0.25, -0.2) is 0 Å². The summed E-state index contributed by atoms with van der Waals surface area (Å²) < 4.78 is 5.46. The highest BCUT2D eigenvalue weighted by atomic mass is 127. The fourth-order valence-corrected chi connectivity index (χ4v) is 4.08. The van der Waals surface area contributed by atoms with Crippen LogP contribution in [0, 0.1) is 6.92 Å². The maximum Gasteiger partial charge on any atom is 0.193 e. The Labute approximate surface area is 167 Å². The van der Waals surface area contributed by atoms with E-state index in [4.69, 9.17) is 4.74 Å². The van der Waals surface area contributed by atoms with Gasteiger partial charge in [-0.1, -0.05) is 24.6 Å². The van der Waals surface area contributed by atoms with E-state index in [1.54, 1.807) is 7.11 Å². The Balaban J connectivity index is 0.00000288. The predicted octanol–water partition coefficient (Wildman–Crippen LogP) is 3.57. The van der Waals surface area contributed by atoms with Crippen molar-refractivity contribution in [2.75, 3.05) is 39.5 Å². The number of rotatable bonds is 5. The van der Waals surface area contributed by atoms with Gasteiger partial charge < -0.3 is 15.0 Å². The van der Waals surface area contributed by atoms with E-state index in [2.05, 4.69) is 53.0 Å². The van der Waals surface area contributed by atoms with Crippen LogP contribution in [0.4, 0.5) is 0 Å². The van der Waals surface area contributed by atoms with Crippen molar-refractivity contribution in [1.29, 1.82) is 0 Å². The van der Waals surface area contributed by atoms with E-state index >= 15 is 0 Å². The summed E-state index contributed by atoms with van der Waals surface area (Å²) in [5.41, 5.74) is 2.51.